The molecule has 1 atom stereocenters. The fourth-order valence-corrected chi connectivity index (χ4v) is 3.69. The van der Waals surface area contributed by atoms with Gasteiger partial charge in [0.25, 0.3) is 5.69 Å². The van der Waals surface area contributed by atoms with Crippen molar-refractivity contribution in [2.45, 2.75) is 44.0 Å². The van der Waals surface area contributed by atoms with E-state index in [1.54, 1.807) is 12.1 Å². The van der Waals surface area contributed by atoms with Gasteiger partial charge in [0.1, 0.15) is 6.54 Å². The summed E-state index contributed by atoms with van der Waals surface area (Å²) in [5, 5.41) is 13.4. The third kappa shape index (κ3) is 6.65. The number of hydrogen-bond acceptors (Lipinski definition) is 4. The first-order valence-electron chi connectivity index (χ1n) is 9.53. The Morgan fingerprint density at radius 2 is 1.64 bits per heavy atom. The standard InChI is InChI=1S/C21H27N3O3S/c1-4-23(5-2)15-18-8-6-17(7-9-18)14-22-21(25)16(3)28-20-12-10-19(11-13-20)24(26)27/h6-13,16H,4-5,14-15H2,1-3H3,(H,22,25)/p+1/t16-/m1/s1. The van der Waals surface area contributed by atoms with Crippen LogP contribution < -0.4 is 10.2 Å². The number of benzene rings is 2. The van der Waals surface area contributed by atoms with Crippen LogP contribution in [0.3, 0.4) is 0 Å². The van der Waals surface area contributed by atoms with Gasteiger partial charge in [0.2, 0.25) is 5.91 Å². The van der Waals surface area contributed by atoms with Crippen LogP contribution >= 0.6 is 11.8 Å². The smallest absolute Gasteiger partial charge is 0.269 e. The van der Waals surface area contributed by atoms with Crippen molar-refractivity contribution in [1.29, 1.82) is 0 Å². The zero-order chi connectivity index (χ0) is 20.5. The van der Waals surface area contributed by atoms with Crippen LogP contribution in [-0.2, 0) is 17.9 Å². The molecule has 7 heteroatoms. The lowest BCUT2D eigenvalue weighted by atomic mass is 10.1. The van der Waals surface area contributed by atoms with Gasteiger partial charge in [-0.15, -0.1) is 11.8 Å². The second-order valence-corrected chi connectivity index (χ2v) is 8.09. The second-order valence-electron chi connectivity index (χ2n) is 6.68. The molecular weight excluding hydrogens is 374 g/mol. The number of rotatable bonds is 10. The van der Waals surface area contributed by atoms with E-state index in [0.717, 1.165) is 30.1 Å². The lowest BCUT2D eigenvalue weighted by molar-refractivity contribution is -0.910. The largest absolute Gasteiger partial charge is 0.351 e. The number of nitro benzene ring substituents is 1. The van der Waals surface area contributed by atoms with E-state index in [2.05, 4.69) is 43.4 Å². The van der Waals surface area contributed by atoms with Gasteiger partial charge < -0.3 is 10.2 Å². The van der Waals surface area contributed by atoms with Crippen molar-refractivity contribution in [1.82, 2.24) is 5.32 Å². The van der Waals surface area contributed by atoms with Gasteiger partial charge in [-0.25, -0.2) is 0 Å². The van der Waals surface area contributed by atoms with Crippen LogP contribution in [0.2, 0.25) is 0 Å². The second kappa shape index (κ2) is 10.8. The fraction of sp³-hybridized carbons (Fsp3) is 0.381. The molecule has 2 aromatic carbocycles. The number of thioether (sulfide) groups is 1. The van der Waals surface area contributed by atoms with Crippen LogP contribution in [0, 0.1) is 10.1 Å². The minimum absolute atomic E-state index is 0.0486. The molecule has 0 bridgehead atoms. The van der Waals surface area contributed by atoms with Crippen molar-refractivity contribution in [2.24, 2.45) is 0 Å². The molecule has 0 aliphatic heterocycles. The van der Waals surface area contributed by atoms with Crippen LogP contribution in [0.1, 0.15) is 31.9 Å². The molecular formula is C21H28N3O3S+. The van der Waals surface area contributed by atoms with Gasteiger partial charge in [-0.2, -0.15) is 0 Å². The number of nitrogens with zero attached hydrogens (tertiary/aromatic N) is 1. The van der Waals surface area contributed by atoms with Gasteiger partial charge in [0, 0.05) is 29.1 Å². The molecule has 0 heterocycles. The van der Waals surface area contributed by atoms with Crippen molar-refractivity contribution in [2.75, 3.05) is 13.1 Å². The molecule has 0 aliphatic rings. The van der Waals surface area contributed by atoms with E-state index in [9.17, 15) is 14.9 Å². The number of non-ortho nitro benzene ring substituents is 1. The molecule has 0 aliphatic carbocycles. The van der Waals surface area contributed by atoms with Crippen LogP contribution in [0.5, 0.6) is 0 Å². The molecule has 0 spiro atoms. The molecule has 0 saturated heterocycles. The molecule has 0 radical (unpaired) electrons. The maximum absolute atomic E-state index is 12.3. The van der Waals surface area contributed by atoms with E-state index in [1.165, 1.54) is 34.4 Å². The Morgan fingerprint density at radius 1 is 1.07 bits per heavy atom. The van der Waals surface area contributed by atoms with E-state index >= 15 is 0 Å². The molecule has 150 valence electrons. The van der Waals surface area contributed by atoms with Gasteiger partial charge in [0.05, 0.1) is 23.3 Å². The summed E-state index contributed by atoms with van der Waals surface area (Å²) in [5.74, 6) is -0.0555. The predicted octanol–water partition coefficient (Wildman–Crippen LogP) is 2.82. The molecule has 2 N–H and O–H groups in total. The Morgan fingerprint density at radius 3 is 2.18 bits per heavy atom. The van der Waals surface area contributed by atoms with E-state index in [0.29, 0.717) is 6.54 Å². The summed E-state index contributed by atoms with van der Waals surface area (Å²) in [6.07, 6.45) is 0. The summed E-state index contributed by atoms with van der Waals surface area (Å²) >= 11 is 1.38. The number of quaternary nitrogens is 1. The van der Waals surface area contributed by atoms with Crippen LogP contribution in [0.25, 0.3) is 0 Å². The Labute approximate surface area is 170 Å². The average Bonchev–Trinajstić information content (AvgIpc) is 2.71. The molecule has 0 unspecified atom stereocenters. The van der Waals surface area contributed by atoms with Crippen LogP contribution in [-0.4, -0.2) is 29.2 Å². The number of hydrogen-bond donors (Lipinski definition) is 2. The highest BCUT2D eigenvalue weighted by Crippen LogP contribution is 2.25. The SMILES string of the molecule is CC[NH+](CC)Cc1ccc(CNC(=O)[C@@H](C)Sc2ccc([N+](=O)[O-])cc2)cc1. The van der Waals surface area contributed by atoms with Crippen molar-refractivity contribution in [3.05, 3.63) is 69.8 Å². The Balaban J connectivity index is 1.83. The van der Waals surface area contributed by atoms with E-state index in [1.807, 2.05) is 6.92 Å². The Kier molecular flexibility index (Phi) is 8.47. The third-order valence-electron chi connectivity index (χ3n) is 4.67. The van der Waals surface area contributed by atoms with E-state index in [4.69, 9.17) is 0 Å². The number of carbonyl (C=O) groups excluding carboxylic acids is 1. The molecule has 0 saturated carbocycles. The first-order chi connectivity index (χ1) is 13.4. The predicted molar refractivity (Wildman–Crippen MR) is 112 cm³/mol. The minimum atomic E-state index is -0.431. The Bertz CT molecular complexity index is 774. The fourth-order valence-electron chi connectivity index (χ4n) is 2.80. The Hall–Kier alpha value is -2.38. The molecule has 28 heavy (non-hydrogen) atoms. The van der Waals surface area contributed by atoms with Gasteiger partial charge in [-0.3, -0.25) is 14.9 Å². The van der Waals surface area contributed by atoms with Crippen LogP contribution in [0.15, 0.2) is 53.4 Å². The summed E-state index contributed by atoms with van der Waals surface area (Å²) in [6, 6.07) is 14.6. The summed E-state index contributed by atoms with van der Waals surface area (Å²) in [4.78, 5) is 25.0. The minimum Gasteiger partial charge on any atom is -0.351 e. The maximum atomic E-state index is 12.3. The highest BCUT2D eigenvalue weighted by Gasteiger charge is 2.15. The zero-order valence-electron chi connectivity index (χ0n) is 16.6. The highest BCUT2D eigenvalue weighted by atomic mass is 32.2. The quantitative estimate of drug-likeness (QED) is 0.364. The van der Waals surface area contributed by atoms with E-state index in [-0.39, 0.29) is 16.8 Å². The monoisotopic (exact) mass is 402 g/mol. The third-order valence-corrected chi connectivity index (χ3v) is 5.79. The zero-order valence-corrected chi connectivity index (χ0v) is 17.4. The number of amides is 1. The average molecular weight is 403 g/mol. The molecule has 0 aromatic heterocycles. The molecule has 0 fully saturated rings. The summed E-state index contributed by atoms with van der Waals surface area (Å²) in [6.45, 7) is 9.94. The highest BCUT2D eigenvalue weighted by molar-refractivity contribution is 8.00. The lowest BCUT2D eigenvalue weighted by Crippen LogP contribution is -3.10. The summed E-state index contributed by atoms with van der Waals surface area (Å²) < 4.78 is 0. The molecule has 6 nitrogen and oxygen atoms in total. The van der Waals surface area contributed by atoms with Crippen molar-refractivity contribution in [3.63, 3.8) is 0 Å². The van der Waals surface area contributed by atoms with Gasteiger partial charge >= 0.3 is 0 Å². The van der Waals surface area contributed by atoms with Crippen molar-refractivity contribution >= 4 is 23.4 Å². The maximum Gasteiger partial charge on any atom is 0.269 e. The molecule has 2 rings (SSSR count). The molecule has 1 amide bonds. The van der Waals surface area contributed by atoms with Gasteiger partial charge in [0.15, 0.2) is 0 Å². The van der Waals surface area contributed by atoms with Crippen molar-refractivity contribution < 1.29 is 14.6 Å². The van der Waals surface area contributed by atoms with Crippen molar-refractivity contribution in [3.8, 4) is 0 Å². The summed E-state index contributed by atoms with van der Waals surface area (Å²) in [7, 11) is 0. The first-order valence-corrected chi connectivity index (χ1v) is 10.4. The van der Waals surface area contributed by atoms with E-state index < -0.39 is 4.92 Å². The topological polar surface area (TPSA) is 76.7 Å². The van der Waals surface area contributed by atoms with Gasteiger partial charge in [-0.05, 0) is 38.5 Å². The first kappa shape index (κ1) is 21.9. The number of nitro groups is 1. The number of carbonyl (C=O) groups is 1. The van der Waals surface area contributed by atoms with Crippen LogP contribution in [0.4, 0.5) is 5.69 Å². The van der Waals surface area contributed by atoms with Gasteiger partial charge in [-0.1, -0.05) is 24.3 Å². The summed E-state index contributed by atoms with van der Waals surface area (Å²) in [5.41, 5.74) is 2.42. The normalized spacial score (nSPS) is 12.0. The molecule has 2 aromatic rings. The number of nitrogens with one attached hydrogen (secondary N) is 2. The lowest BCUT2D eigenvalue weighted by Gasteiger charge is -2.15.